The third-order valence-electron chi connectivity index (χ3n) is 4.26. The van der Waals surface area contributed by atoms with E-state index in [1.807, 2.05) is 11.0 Å². The predicted molar refractivity (Wildman–Crippen MR) is 79.4 cm³/mol. The van der Waals surface area contributed by atoms with Crippen molar-refractivity contribution in [1.82, 2.24) is 4.90 Å². The summed E-state index contributed by atoms with van der Waals surface area (Å²) in [6.45, 7) is 3.53. The molecule has 2 unspecified atom stereocenters. The number of nitrogens with two attached hydrogens (primary N) is 1. The molecule has 3 N–H and O–H groups in total. The van der Waals surface area contributed by atoms with Crippen LogP contribution < -0.4 is 5.73 Å². The molecule has 1 amide bonds. The number of carbonyl (C=O) groups is 1. The van der Waals surface area contributed by atoms with Gasteiger partial charge in [-0.2, -0.15) is 0 Å². The molecule has 1 aromatic carbocycles. The molecule has 1 aromatic rings. The minimum Gasteiger partial charge on any atom is -0.508 e. The summed E-state index contributed by atoms with van der Waals surface area (Å²) in [7, 11) is 0. The molecule has 0 radical (unpaired) electrons. The van der Waals surface area contributed by atoms with Crippen LogP contribution in [0.4, 0.5) is 0 Å². The van der Waals surface area contributed by atoms with Crippen LogP contribution in [0.5, 0.6) is 5.75 Å². The standard InChI is InChI=1S/C16H24N2O2/c1-2-12-6-7-18(14(8-12)11-17)16(20)10-13-4-3-5-15(19)9-13/h3-5,9,12,14,19H,2,6-8,10-11,17H2,1H3. The van der Waals surface area contributed by atoms with Crippen molar-refractivity contribution in [3.8, 4) is 5.75 Å². The van der Waals surface area contributed by atoms with E-state index in [1.54, 1.807) is 18.2 Å². The lowest BCUT2D eigenvalue weighted by molar-refractivity contribution is -0.134. The van der Waals surface area contributed by atoms with E-state index in [0.29, 0.717) is 18.9 Å². The Kier molecular flexibility index (Phi) is 5.01. The maximum Gasteiger partial charge on any atom is 0.227 e. The van der Waals surface area contributed by atoms with E-state index >= 15 is 0 Å². The minimum atomic E-state index is 0.112. The van der Waals surface area contributed by atoms with Crippen molar-refractivity contribution < 1.29 is 9.90 Å². The summed E-state index contributed by atoms with van der Waals surface area (Å²) >= 11 is 0. The number of aromatic hydroxyl groups is 1. The summed E-state index contributed by atoms with van der Waals surface area (Å²) in [5.41, 5.74) is 6.68. The average Bonchev–Trinajstić information content (AvgIpc) is 2.46. The Balaban J connectivity index is 2.01. The number of hydrogen-bond acceptors (Lipinski definition) is 3. The highest BCUT2D eigenvalue weighted by Gasteiger charge is 2.29. The van der Waals surface area contributed by atoms with Crippen LogP contribution in [0.1, 0.15) is 31.7 Å². The van der Waals surface area contributed by atoms with Crippen molar-refractivity contribution in [2.24, 2.45) is 11.7 Å². The Bertz CT molecular complexity index is 462. The summed E-state index contributed by atoms with van der Waals surface area (Å²) in [6.07, 6.45) is 3.57. The van der Waals surface area contributed by atoms with E-state index in [2.05, 4.69) is 6.92 Å². The van der Waals surface area contributed by atoms with Crippen LogP contribution in [-0.4, -0.2) is 35.0 Å². The molecule has 0 saturated carbocycles. The highest BCUT2D eigenvalue weighted by molar-refractivity contribution is 5.79. The third-order valence-corrected chi connectivity index (χ3v) is 4.26. The number of carbonyl (C=O) groups excluding carboxylic acids is 1. The number of hydrogen-bond donors (Lipinski definition) is 2. The Morgan fingerprint density at radius 1 is 1.50 bits per heavy atom. The van der Waals surface area contributed by atoms with Gasteiger partial charge in [-0.25, -0.2) is 0 Å². The summed E-state index contributed by atoms with van der Waals surface area (Å²) < 4.78 is 0. The van der Waals surface area contributed by atoms with E-state index < -0.39 is 0 Å². The van der Waals surface area contributed by atoms with Crippen LogP contribution in [0.15, 0.2) is 24.3 Å². The second-order valence-corrected chi connectivity index (χ2v) is 5.62. The number of benzene rings is 1. The number of piperidine rings is 1. The zero-order valence-electron chi connectivity index (χ0n) is 12.1. The fraction of sp³-hybridized carbons (Fsp3) is 0.562. The van der Waals surface area contributed by atoms with E-state index in [1.165, 1.54) is 0 Å². The average molecular weight is 276 g/mol. The number of phenols is 1. The van der Waals surface area contributed by atoms with Gasteiger partial charge in [-0.1, -0.05) is 25.5 Å². The largest absolute Gasteiger partial charge is 0.508 e. The molecule has 1 aliphatic heterocycles. The topological polar surface area (TPSA) is 66.6 Å². The molecule has 1 saturated heterocycles. The van der Waals surface area contributed by atoms with Crippen molar-refractivity contribution in [3.63, 3.8) is 0 Å². The summed E-state index contributed by atoms with van der Waals surface area (Å²) in [5, 5.41) is 9.46. The van der Waals surface area contributed by atoms with Crippen LogP contribution in [0, 0.1) is 5.92 Å². The van der Waals surface area contributed by atoms with Gasteiger partial charge in [-0.15, -0.1) is 0 Å². The van der Waals surface area contributed by atoms with Crippen LogP contribution in [0.25, 0.3) is 0 Å². The van der Waals surface area contributed by atoms with Crippen molar-refractivity contribution >= 4 is 5.91 Å². The van der Waals surface area contributed by atoms with Crippen molar-refractivity contribution in [1.29, 1.82) is 0 Å². The lowest BCUT2D eigenvalue weighted by Gasteiger charge is -2.39. The second kappa shape index (κ2) is 6.75. The highest BCUT2D eigenvalue weighted by Crippen LogP contribution is 2.25. The molecule has 110 valence electrons. The van der Waals surface area contributed by atoms with Gasteiger partial charge in [-0.3, -0.25) is 4.79 Å². The molecule has 0 aliphatic carbocycles. The first kappa shape index (κ1) is 14.9. The maximum atomic E-state index is 12.4. The number of amides is 1. The van der Waals surface area contributed by atoms with Gasteiger partial charge in [0.25, 0.3) is 0 Å². The van der Waals surface area contributed by atoms with Crippen LogP contribution in [0.2, 0.25) is 0 Å². The first-order valence-electron chi connectivity index (χ1n) is 7.41. The van der Waals surface area contributed by atoms with Gasteiger partial charge in [0.1, 0.15) is 5.75 Å². The molecule has 1 fully saturated rings. The summed E-state index contributed by atoms with van der Waals surface area (Å²) in [6, 6.07) is 7.06. The first-order chi connectivity index (χ1) is 9.63. The molecular formula is C16H24N2O2. The quantitative estimate of drug-likeness (QED) is 0.883. The van der Waals surface area contributed by atoms with Gasteiger partial charge >= 0.3 is 0 Å². The van der Waals surface area contributed by atoms with Gasteiger partial charge in [-0.05, 0) is 36.5 Å². The van der Waals surface area contributed by atoms with Crippen molar-refractivity contribution in [2.45, 2.75) is 38.6 Å². The predicted octanol–water partition coefficient (Wildman–Crippen LogP) is 1.91. The van der Waals surface area contributed by atoms with Gasteiger partial charge in [0.05, 0.1) is 6.42 Å². The molecule has 2 rings (SSSR count). The molecule has 20 heavy (non-hydrogen) atoms. The van der Waals surface area contributed by atoms with Crippen molar-refractivity contribution in [3.05, 3.63) is 29.8 Å². The lowest BCUT2D eigenvalue weighted by Crippen LogP contribution is -2.50. The number of rotatable bonds is 4. The van der Waals surface area contributed by atoms with E-state index in [4.69, 9.17) is 5.73 Å². The normalized spacial score (nSPS) is 22.8. The number of likely N-dealkylation sites (tertiary alicyclic amines) is 1. The molecule has 0 aromatic heterocycles. The maximum absolute atomic E-state index is 12.4. The zero-order chi connectivity index (χ0) is 14.5. The zero-order valence-corrected chi connectivity index (χ0v) is 12.1. The van der Waals surface area contributed by atoms with Gasteiger partial charge < -0.3 is 15.7 Å². The van der Waals surface area contributed by atoms with Crippen LogP contribution in [-0.2, 0) is 11.2 Å². The first-order valence-corrected chi connectivity index (χ1v) is 7.41. The van der Waals surface area contributed by atoms with Crippen LogP contribution >= 0.6 is 0 Å². The third kappa shape index (κ3) is 3.51. The molecule has 4 nitrogen and oxygen atoms in total. The Morgan fingerprint density at radius 2 is 2.30 bits per heavy atom. The molecule has 1 aliphatic rings. The molecular weight excluding hydrogens is 252 g/mol. The Hall–Kier alpha value is -1.55. The Labute approximate surface area is 120 Å². The number of nitrogens with zero attached hydrogens (tertiary/aromatic N) is 1. The van der Waals surface area contributed by atoms with Crippen molar-refractivity contribution in [2.75, 3.05) is 13.1 Å². The summed E-state index contributed by atoms with van der Waals surface area (Å²) in [5.74, 6) is 1.00. The van der Waals surface area contributed by atoms with Crippen LogP contribution in [0.3, 0.4) is 0 Å². The molecule has 0 spiro atoms. The molecule has 0 bridgehead atoms. The molecule has 2 atom stereocenters. The fourth-order valence-electron chi connectivity index (χ4n) is 3.00. The van der Waals surface area contributed by atoms with Gasteiger partial charge in [0.15, 0.2) is 0 Å². The Morgan fingerprint density at radius 3 is 2.95 bits per heavy atom. The smallest absolute Gasteiger partial charge is 0.227 e. The molecule has 4 heteroatoms. The van der Waals surface area contributed by atoms with Gasteiger partial charge in [0, 0.05) is 19.1 Å². The summed E-state index contributed by atoms with van der Waals surface area (Å²) in [4.78, 5) is 14.4. The number of phenolic OH excluding ortho intramolecular Hbond substituents is 1. The monoisotopic (exact) mass is 276 g/mol. The minimum absolute atomic E-state index is 0.112. The molecule has 1 heterocycles. The van der Waals surface area contributed by atoms with Gasteiger partial charge in [0.2, 0.25) is 5.91 Å². The van der Waals surface area contributed by atoms with E-state index in [9.17, 15) is 9.90 Å². The van der Waals surface area contributed by atoms with E-state index in [0.717, 1.165) is 31.4 Å². The fourth-order valence-corrected chi connectivity index (χ4v) is 3.00. The highest BCUT2D eigenvalue weighted by atomic mass is 16.3. The SMILES string of the molecule is CCC1CCN(C(=O)Cc2cccc(O)c2)C(CN)C1. The second-order valence-electron chi connectivity index (χ2n) is 5.62. The lowest BCUT2D eigenvalue weighted by atomic mass is 9.88. The van der Waals surface area contributed by atoms with E-state index in [-0.39, 0.29) is 17.7 Å².